The Hall–Kier alpha value is -1.75. The van der Waals surface area contributed by atoms with Crippen LogP contribution < -0.4 is 5.32 Å². The molecule has 148 valence electrons. The topological polar surface area (TPSA) is 61.8 Å². The molecule has 0 saturated heterocycles. The summed E-state index contributed by atoms with van der Waals surface area (Å²) in [6, 6.07) is 5.26. The van der Waals surface area contributed by atoms with E-state index in [4.69, 9.17) is 4.74 Å². The van der Waals surface area contributed by atoms with Crippen molar-refractivity contribution in [3.05, 3.63) is 23.8 Å². The second kappa shape index (κ2) is 11.1. The molecule has 0 radical (unpaired) electrons. The fourth-order valence-electron chi connectivity index (χ4n) is 2.74. The van der Waals surface area contributed by atoms with Crippen molar-refractivity contribution in [3.63, 3.8) is 0 Å². The zero-order chi connectivity index (χ0) is 19.6. The maximum atomic E-state index is 11.9. The zero-order valence-corrected chi connectivity index (χ0v) is 17.1. The second-order valence-corrected chi connectivity index (χ2v) is 7.68. The fraction of sp³-hybridized carbons (Fsp3) is 0.667. The molecule has 0 aromatic heterocycles. The van der Waals surface area contributed by atoms with Crippen molar-refractivity contribution >= 4 is 11.8 Å². The van der Waals surface area contributed by atoms with Crippen LogP contribution in [0.15, 0.2) is 18.2 Å². The van der Waals surface area contributed by atoms with Gasteiger partial charge >= 0.3 is 6.09 Å². The van der Waals surface area contributed by atoms with Crippen LogP contribution in [0.4, 0.5) is 10.5 Å². The summed E-state index contributed by atoms with van der Waals surface area (Å²) in [6.07, 6.45) is 3.73. The number of phenolic OH excluding ortho intramolecular Hbond substituents is 1. The van der Waals surface area contributed by atoms with Gasteiger partial charge in [-0.1, -0.05) is 53.5 Å². The maximum Gasteiger partial charge on any atom is 0.411 e. The Morgan fingerprint density at radius 1 is 1.12 bits per heavy atom. The standard InChI is InChI=1S/C21H36N2O3/c1-6-23(7-2)14-10-8-9-11-15-26-20(25)22-18-16-17(21(3,4)5)12-13-19(18)24/h12-13,16,24H,6-11,14-15H2,1-5H3,(H,22,25). The number of benzene rings is 1. The maximum absolute atomic E-state index is 11.9. The minimum atomic E-state index is -0.519. The molecule has 0 heterocycles. The van der Waals surface area contributed by atoms with Crippen LogP contribution in [-0.4, -0.2) is 42.3 Å². The van der Waals surface area contributed by atoms with Crippen molar-refractivity contribution in [3.8, 4) is 5.75 Å². The normalized spacial score (nSPS) is 11.6. The predicted octanol–water partition coefficient (Wildman–Crippen LogP) is 5.14. The van der Waals surface area contributed by atoms with Crippen LogP contribution in [0.5, 0.6) is 5.75 Å². The highest BCUT2D eigenvalue weighted by atomic mass is 16.5. The molecule has 0 fully saturated rings. The van der Waals surface area contributed by atoms with Gasteiger partial charge in [-0.05, 0) is 55.6 Å². The van der Waals surface area contributed by atoms with Crippen molar-refractivity contribution in [2.75, 3.05) is 31.6 Å². The highest BCUT2D eigenvalue weighted by Crippen LogP contribution is 2.30. The number of anilines is 1. The summed E-state index contributed by atoms with van der Waals surface area (Å²) in [6.45, 7) is 14.4. The van der Waals surface area contributed by atoms with E-state index in [-0.39, 0.29) is 11.2 Å². The molecule has 0 saturated carbocycles. The molecular weight excluding hydrogens is 328 g/mol. The van der Waals surface area contributed by atoms with Gasteiger partial charge in [0, 0.05) is 0 Å². The number of phenols is 1. The van der Waals surface area contributed by atoms with E-state index in [1.165, 1.54) is 6.42 Å². The molecule has 5 heteroatoms. The Bertz CT molecular complexity index is 549. The first-order chi connectivity index (χ1) is 12.3. The summed E-state index contributed by atoms with van der Waals surface area (Å²) >= 11 is 0. The largest absolute Gasteiger partial charge is 0.506 e. The molecule has 1 rings (SSSR count). The summed E-state index contributed by atoms with van der Waals surface area (Å²) in [7, 11) is 0. The number of nitrogens with one attached hydrogen (secondary N) is 1. The van der Waals surface area contributed by atoms with Crippen molar-refractivity contribution in [1.29, 1.82) is 0 Å². The lowest BCUT2D eigenvalue weighted by atomic mass is 9.87. The molecule has 0 unspecified atom stereocenters. The van der Waals surface area contributed by atoms with Gasteiger partial charge in [0.1, 0.15) is 5.75 Å². The summed E-state index contributed by atoms with van der Waals surface area (Å²) in [4.78, 5) is 14.3. The van der Waals surface area contributed by atoms with Gasteiger partial charge in [-0.25, -0.2) is 4.79 Å². The van der Waals surface area contributed by atoms with Gasteiger partial charge < -0.3 is 14.7 Å². The SMILES string of the molecule is CCN(CC)CCCCCCOC(=O)Nc1cc(C(C)(C)C)ccc1O. The molecule has 0 spiro atoms. The minimum absolute atomic E-state index is 0.0475. The summed E-state index contributed by atoms with van der Waals surface area (Å²) in [5, 5.41) is 12.6. The third-order valence-corrected chi connectivity index (χ3v) is 4.60. The van der Waals surface area contributed by atoms with Gasteiger partial charge in [-0.2, -0.15) is 0 Å². The van der Waals surface area contributed by atoms with Gasteiger partial charge in [0.15, 0.2) is 0 Å². The van der Waals surface area contributed by atoms with Gasteiger partial charge in [0.25, 0.3) is 0 Å². The van der Waals surface area contributed by atoms with E-state index in [0.717, 1.165) is 44.5 Å². The van der Waals surface area contributed by atoms with Gasteiger partial charge in [0.2, 0.25) is 0 Å². The van der Waals surface area contributed by atoms with Crippen LogP contribution in [0.2, 0.25) is 0 Å². The zero-order valence-electron chi connectivity index (χ0n) is 17.1. The lowest BCUT2D eigenvalue weighted by Gasteiger charge is -2.20. The molecule has 0 atom stereocenters. The number of amides is 1. The predicted molar refractivity (Wildman–Crippen MR) is 108 cm³/mol. The first-order valence-electron chi connectivity index (χ1n) is 9.77. The molecule has 0 bridgehead atoms. The van der Waals surface area contributed by atoms with Crippen LogP contribution in [-0.2, 0) is 10.2 Å². The number of unbranched alkanes of at least 4 members (excludes halogenated alkanes) is 3. The minimum Gasteiger partial charge on any atom is -0.506 e. The molecular formula is C21H36N2O3. The van der Waals surface area contributed by atoms with Crippen LogP contribution in [0.3, 0.4) is 0 Å². The lowest BCUT2D eigenvalue weighted by molar-refractivity contribution is 0.158. The number of aromatic hydroxyl groups is 1. The van der Waals surface area contributed by atoms with E-state index < -0.39 is 6.09 Å². The average molecular weight is 365 g/mol. The summed E-state index contributed by atoms with van der Waals surface area (Å²) in [5.41, 5.74) is 1.37. The Morgan fingerprint density at radius 2 is 1.77 bits per heavy atom. The van der Waals surface area contributed by atoms with Crippen molar-refractivity contribution < 1.29 is 14.6 Å². The lowest BCUT2D eigenvalue weighted by Crippen LogP contribution is -2.23. The second-order valence-electron chi connectivity index (χ2n) is 7.68. The van der Waals surface area contributed by atoms with Crippen molar-refractivity contribution in [2.45, 2.75) is 65.7 Å². The van der Waals surface area contributed by atoms with E-state index >= 15 is 0 Å². The third kappa shape index (κ3) is 8.09. The Balaban J connectivity index is 2.29. The molecule has 1 aromatic rings. The van der Waals surface area contributed by atoms with Crippen LogP contribution >= 0.6 is 0 Å². The van der Waals surface area contributed by atoms with E-state index in [1.807, 2.05) is 6.07 Å². The summed E-state index contributed by atoms with van der Waals surface area (Å²) < 4.78 is 5.22. The number of rotatable bonds is 10. The van der Waals surface area contributed by atoms with Crippen molar-refractivity contribution in [2.24, 2.45) is 0 Å². The van der Waals surface area contributed by atoms with Crippen LogP contribution in [0, 0.1) is 0 Å². The molecule has 5 nitrogen and oxygen atoms in total. The highest BCUT2D eigenvalue weighted by molar-refractivity contribution is 5.86. The van der Waals surface area contributed by atoms with Gasteiger partial charge in [-0.15, -0.1) is 0 Å². The van der Waals surface area contributed by atoms with E-state index in [0.29, 0.717) is 12.3 Å². The smallest absolute Gasteiger partial charge is 0.411 e. The number of hydrogen-bond acceptors (Lipinski definition) is 4. The van der Waals surface area contributed by atoms with E-state index in [9.17, 15) is 9.90 Å². The molecule has 0 aliphatic carbocycles. The van der Waals surface area contributed by atoms with E-state index in [1.54, 1.807) is 12.1 Å². The molecule has 26 heavy (non-hydrogen) atoms. The first-order valence-corrected chi connectivity index (χ1v) is 9.77. The molecule has 1 amide bonds. The number of nitrogens with zero attached hydrogens (tertiary/aromatic N) is 1. The molecule has 1 aromatic carbocycles. The first kappa shape index (κ1) is 22.3. The average Bonchev–Trinajstić information content (AvgIpc) is 2.58. The Kier molecular flexibility index (Phi) is 9.49. The third-order valence-electron chi connectivity index (χ3n) is 4.60. The number of hydrogen-bond donors (Lipinski definition) is 2. The molecule has 0 aliphatic heterocycles. The Labute approximate surface area is 158 Å². The van der Waals surface area contributed by atoms with Crippen LogP contribution in [0.25, 0.3) is 0 Å². The summed E-state index contributed by atoms with van der Waals surface area (Å²) in [5.74, 6) is 0.0475. The molecule has 0 aliphatic rings. The monoisotopic (exact) mass is 364 g/mol. The van der Waals surface area contributed by atoms with Gasteiger partial charge in [-0.3, -0.25) is 5.32 Å². The molecule has 2 N–H and O–H groups in total. The highest BCUT2D eigenvalue weighted by Gasteiger charge is 2.16. The number of carbonyl (C=O) groups excluding carboxylic acids is 1. The van der Waals surface area contributed by atoms with Gasteiger partial charge in [0.05, 0.1) is 12.3 Å². The number of carbonyl (C=O) groups is 1. The van der Waals surface area contributed by atoms with E-state index in [2.05, 4.69) is 44.8 Å². The quantitative estimate of drug-likeness (QED) is 0.446. The Morgan fingerprint density at radius 3 is 2.38 bits per heavy atom. The van der Waals surface area contributed by atoms with Crippen molar-refractivity contribution in [1.82, 2.24) is 4.90 Å². The fourth-order valence-corrected chi connectivity index (χ4v) is 2.74. The van der Waals surface area contributed by atoms with Crippen LogP contribution in [0.1, 0.15) is 65.9 Å². The number of ether oxygens (including phenoxy) is 1.